The lowest BCUT2D eigenvalue weighted by Crippen LogP contribution is -2.09. The quantitative estimate of drug-likeness (QED) is 0.666. The molecule has 0 bridgehead atoms. The SMILES string of the molecule is CC(C)Nc1cc(F)ccc1O. The Bertz CT molecular complexity index is 273. The first-order valence-electron chi connectivity index (χ1n) is 3.84. The minimum absolute atomic E-state index is 0.0742. The molecule has 0 aliphatic heterocycles. The van der Waals surface area contributed by atoms with Crippen LogP contribution in [0.5, 0.6) is 5.75 Å². The van der Waals surface area contributed by atoms with Crippen molar-refractivity contribution in [2.45, 2.75) is 19.9 Å². The highest BCUT2D eigenvalue weighted by Gasteiger charge is 2.02. The largest absolute Gasteiger partial charge is 0.506 e. The van der Waals surface area contributed by atoms with Crippen LogP contribution in [0.4, 0.5) is 10.1 Å². The van der Waals surface area contributed by atoms with Crippen molar-refractivity contribution in [3.8, 4) is 5.75 Å². The van der Waals surface area contributed by atoms with Crippen molar-refractivity contribution in [1.29, 1.82) is 0 Å². The molecule has 0 unspecified atom stereocenters. The number of hydrogen-bond acceptors (Lipinski definition) is 2. The summed E-state index contributed by atoms with van der Waals surface area (Å²) in [6.07, 6.45) is 0. The summed E-state index contributed by atoms with van der Waals surface area (Å²) in [5, 5.41) is 12.2. The number of aromatic hydroxyl groups is 1. The minimum atomic E-state index is -0.351. The van der Waals surface area contributed by atoms with Crippen LogP contribution in [0.1, 0.15) is 13.8 Å². The summed E-state index contributed by atoms with van der Waals surface area (Å²) in [5.74, 6) is -0.277. The van der Waals surface area contributed by atoms with Gasteiger partial charge in [0, 0.05) is 12.1 Å². The minimum Gasteiger partial charge on any atom is -0.506 e. The molecule has 3 heteroatoms. The standard InChI is InChI=1S/C9H12FNO/c1-6(2)11-8-5-7(10)3-4-9(8)12/h3-6,11-12H,1-2H3. The van der Waals surface area contributed by atoms with E-state index in [0.29, 0.717) is 5.69 Å². The van der Waals surface area contributed by atoms with Crippen LogP contribution in [0.25, 0.3) is 0 Å². The molecule has 2 nitrogen and oxygen atoms in total. The third kappa shape index (κ3) is 2.12. The van der Waals surface area contributed by atoms with Crippen molar-refractivity contribution in [2.75, 3.05) is 5.32 Å². The summed E-state index contributed by atoms with van der Waals surface area (Å²) in [4.78, 5) is 0. The zero-order valence-corrected chi connectivity index (χ0v) is 7.13. The lowest BCUT2D eigenvalue weighted by atomic mass is 10.2. The maximum absolute atomic E-state index is 12.6. The highest BCUT2D eigenvalue weighted by atomic mass is 19.1. The van der Waals surface area contributed by atoms with Gasteiger partial charge in [-0.3, -0.25) is 0 Å². The molecule has 1 rings (SSSR count). The Morgan fingerprint density at radius 2 is 2.08 bits per heavy atom. The van der Waals surface area contributed by atoms with Gasteiger partial charge in [-0.1, -0.05) is 0 Å². The van der Waals surface area contributed by atoms with Crippen LogP contribution in [0.2, 0.25) is 0 Å². The van der Waals surface area contributed by atoms with Gasteiger partial charge in [-0.2, -0.15) is 0 Å². The Morgan fingerprint density at radius 1 is 1.42 bits per heavy atom. The van der Waals surface area contributed by atoms with Crippen molar-refractivity contribution >= 4 is 5.69 Å². The highest BCUT2D eigenvalue weighted by molar-refractivity contribution is 5.55. The van der Waals surface area contributed by atoms with E-state index in [9.17, 15) is 9.50 Å². The molecule has 0 radical (unpaired) electrons. The second kappa shape index (κ2) is 3.43. The highest BCUT2D eigenvalue weighted by Crippen LogP contribution is 2.23. The van der Waals surface area contributed by atoms with E-state index in [2.05, 4.69) is 5.32 Å². The predicted molar refractivity (Wildman–Crippen MR) is 46.8 cm³/mol. The Balaban J connectivity index is 2.90. The zero-order valence-electron chi connectivity index (χ0n) is 7.13. The molecule has 0 saturated heterocycles. The lowest BCUT2D eigenvalue weighted by molar-refractivity contribution is 0.474. The van der Waals surface area contributed by atoms with Gasteiger partial charge in [0.15, 0.2) is 0 Å². The summed E-state index contributed by atoms with van der Waals surface area (Å²) < 4.78 is 12.6. The maximum Gasteiger partial charge on any atom is 0.138 e. The molecule has 0 spiro atoms. The first kappa shape index (κ1) is 8.84. The van der Waals surface area contributed by atoms with Crippen LogP contribution in [0.15, 0.2) is 18.2 Å². The number of rotatable bonds is 2. The van der Waals surface area contributed by atoms with E-state index in [1.807, 2.05) is 13.8 Å². The Morgan fingerprint density at radius 3 is 2.67 bits per heavy atom. The smallest absolute Gasteiger partial charge is 0.138 e. The topological polar surface area (TPSA) is 32.3 Å². The van der Waals surface area contributed by atoms with Gasteiger partial charge in [0.2, 0.25) is 0 Å². The summed E-state index contributed by atoms with van der Waals surface area (Å²) in [6, 6.07) is 4.01. The third-order valence-corrected chi connectivity index (χ3v) is 1.40. The molecular formula is C9H12FNO. The van der Waals surface area contributed by atoms with Gasteiger partial charge in [0.1, 0.15) is 11.6 Å². The van der Waals surface area contributed by atoms with Gasteiger partial charge in [-0.05, 0) is 26.0 Å². The van der Waals surface area contributed by atoms with Crippen molar-refractivity contribution < 1.29 is 9.50 Å². The normalized spacial score (nSPS) is 10.3. The van der Waals surface area contributed by atoms with E-state index in [-0.39, 0.29) is 17.6 Å². The first-order chi connectivity index (χ1) is 5.59. The molecular weight excluding hydrogens is 157 g/mol. The van der Waals surface area contributed by atoms with Gasteiger partial charge < -0.3 is 10.4 Å². The van der Waals surface area contributed by atoms with Crippen molar-refractivity contribution in [2.24, 2.45) is 0 Å². The molecule has 0 aliphatic rings. The fourth-order valence-electron chi connectivity index (χ4n) is 0.935. The number of anilines is 1. The molecule has 1 aromatic rings. The second-order valence-corrected chi connectivity index (χ2v) is 2.96. The molecule has 0 aromatic heterocycles. The van der Waals surface area contributed by atoms with Gasteiger partial charge in [0.05, 0.1) is 5.69 Å². The predicted octanol–water partition coefficient (Wildman–Crippen LogP) is 2.35. The Labute approximate surface area is 71.0 Å². The van der Waals surface area contributed by atoms with Crippen molar-refractivity contribution in [3.63, 3.8) is 0 Å². The molecule has 2 N–H and O–H groups in total. The van der Waals surface area contributed by atoms with E-state index < -0.39 is 0 Å². The monoisotopic (exact) mass is 169 g/mol. The van der Waals surface area contributed by atoms with Gasteiger partial charge in [0.25, 0.3) is 0 Å². The van der Waals surface area contributed by atoms with Crippen molar-refractivity contribution in [1.82, 2.24) is 0 Å². The average molecular weight is 169 g/mol. The van der Waals surface area contributed by atoms with Crippen LogP contribution in [-0.2, 0) is 0 Å². The van der Waals surface area contributed by atoms with Gasteiger partial charge >= 0.3 is 0 Å². The number of phenols is 1. The first-order valence-corrected chi connectivity index (χ1v) is 3.84. The summed E-state index contributed by atoms with van der Waals surface area (Å²) in [6.45, 7) is 3.84. The van der Waals surface area contributed by atoms with E-state index in [4.69, 9.17) is 0 Å². The van der Waals surface area contributed by atoms with Crippen molar-refractivity contribution in [3.05, 3.63) is 24.0 Å². The molecule has 0 fully saturated rings. The number of benzene rings is 1. The summed E-state index contributed by atoms with van der Waals surface area (Å²) in [5.41, 5.74) is 0.435. The van der Waals surface area contributed by atoms with E-state index in [0.717, 1.165) is 0 Å². The molecule has 0 saturated carbocycles. The number of nitrogens with one attached hydrogen (secondary N) is 1. The molecule has 0 amide bonds. The fourth-order valence-corrected chi connectivity index (χ4v) is 0.935. The fraction of sp³-hybridized carbons (Fsp3) is 0.333. The van der Waals surface area contributed by atoms with Crippen LogP contribution in [0, 0.1) is 5.82 Å². The van der Waals surface area contributed by atoms with Crippen LogP contribution >= 0.6 is 0 Å². The van der Waals surface area contributed by atoms with E-state index in [1.165, 1.54) is 18.2 Å². The Hall–Kier alpha value is -1.25. The van der Waals surface area contributed by atoms with E-state index in [1.54, 1.807) is 0 Å². The van der Waals surface area contributed by atoms with Crippen LogP contribution in [0.3, 0.4) is 0 Å². The average Bonchev–Trinajstić information content (AvgIpc) is 1.96. The summed E-state index contributed by atoms with van der Waals surface area (Å²) >= 11 is 0. The van der Waals surface area contributed by atoms with Gasteiger partial charge in [-0.25, -0.2) is 4.39 Å². The number of phenolic OH excluding ortho intramolecular Hbond substituents is 1. The van der Waals surface area contributed by atoms with Crippen LogP contribution < -0.4 is 5.32 Å². The molecule has 1 aromatic carbocycles. The van der Waals surface area contributed by atoms with Crippen LogP contribution in [-0.4, -0.2) is 11.1 Å². The molecule has 0 heterocycles. The molecule has 0 aliphatic carbocycles. The Kier molecular flexibility index (Phi) is 2.53. The summed E-state index contributed by atoms with van der Waals surface area (Å²) in [7, 11) is 0. The maximum atomic E-state index is 12.6. The zero-order chi connectivity index (χ0) is 9.14. The third-order valence-electron chi connectivity index (χ3n) is 1.40. The van der Waals surface area contributed by atoms with E-state index >= 15 is 0 Å². The number of halogens is 1. The number of hydrogen-bond donors (Lipinski definition) is 2. The molecule has 66 valence electrons. The second-order valence-electron chi connectivity index (χ2n) is 2.96. The lowest BCUT2D eigenvalue weighted by Gasteiger charge is -2.10. The van der Waals surface area contributed by atoms with Gasteiger partial charge in [-0.15, -0.1) is 0 Å². The molecule has 0 atom stereocenters. The molecule has 12 heavy (non-hydrogen) atoms.